The molecule has 0 aromatic carbocycles. The van der Waals surface area contributed by atoms with Gasteiger partial charge in [-0.15, -0.1) is 0 Å². The van der Waals surface area contributed by atoms with E-state index in [1.807, 2.05) is 20.9 Å². The van der Waals surface area contributed by atoms with Crippen molar-refractivity contribution in [2.45, 2.75) is 39.2 Å². The Labute approximate surface area is 119 Å². The minimum atomic E-state index is -0.279. The standard InChI is InChI=1S/C14H23N3O3/c1-9-14(10(2)17(3)16-9)20-8-13(19)15-7-11-5-4-6-12(11)18/h11-12,18H,4-8H2,1-3H3,(H,15,19). The monoisotopic (exact) mass is 281 g/mol. The quantitative estimate of drug-likeness (QED) is 0.832. The Kier molecular flexibility index (Phi) is 4.65. The number of carbonyl (C=O) groups is 1. The molecule has 0 saturated heterocycles. The van der Waals surface area contributed by atoms with Gasteiger partial charge in [-0.05, 0) is 26.7 Å². The second-order valence-corrected chi connectivity index (χ2v) is 5.47. The molecule has 1 aromatic heterocycles. The van der Waals surface area contributed by atoms with E-state index in [-0.39, 0.29) is 24.5 Å². The van der Waals surface area contributed by atoms with Gasteiger partial charge in [-0.25, -0.2) is 0 Å². The van der Waals surface area contributed by atoms with Crippen molar-refractivity contribution in [3.05, 3.63) is 11.4 Å². The fraction of sp³-hybridized carbons (Fsp3) is 0.714. The summed E-state index contributed by atoms with van der Waals surface area (Å²) in [6, 6.07) is 0. The third-order valence-electron chi connectivity index (χ3n) is 3.97. The zero-order chi connectivity index (χ0) is 14.7. The van der Waals surface area contributed by atoms with E-state index in [1.54, 1.807) is 4.68 Å². The lowest BCUT2D eigenvalue weighted by molar-refractivity contribution is -0.123. The molecule has 6 heteroatoms. The first-order chi connectivity index (χ1) is 9.49. The van der Waals surface area contributed by atoms with Gasteiger partial charge in [-0.1, -0.05) is 6.42 Å². The Morgan fingerprint density at radius 2 is 2.25 bits per heavy atom. The van der Waals surface area contributed by atoms with Crippen LogP contribution in [0.3, 0.4) is 0 Å². The average molecular weight is 281 g/mol. The average Bonchev–Trinajstić information content (AvgIpc) is 2.91. The highest BCUT2D eigenvalue weighted by molar-refractivity contribution is 5.77. The van der Waals surface area contributed by atoms with E-state index in [2.05, 4.69) is 10.4 Å². The lowest BCUT2D eigenvalue weighted by atomic mass is 10.1. The molecule has 2 N–H and O–H groups in total. The summed E-state index contributed by atoms with van der Waals surface area (Å²) in [5.41, 5.74) is 1.69. The predicted octanol–water partition coefficient (Wildman–Crippen LogP) is 0.693. The number of nitrogens with one attached hydrogen (secondary N) is 1. The number of rotatable bonds is 5. The van der Waals surface area contributed by atoms with Gasteiger partial charge in [0, 0.05) is 19.5 Å². The first-order valence-corrected chi connectivity index (χ1v) is 7.06. The Morgan fingerprint density at radius 1 is 1.50 bits per heavy atom. The Hall–Kier alpha value is -1.56. The topological polar surface area (TPSA) is 76.4 Å². The first kappa shape index (κ1) is 14.8. The second kappa shape index (κ2) is 6.26. The molecular weight excluding hydrogens is 258 g/mol. The van der Waals surface area contributed by atoms with Crippen LogP contribution in [0.25, 0.3) is 0 Å². The van der Waals surface area contributed by atoms with Crippen molar-refractivity contribution < 1.29 is 14.6 Å². The van der Waals surface area contributed by atoms with Gasteiger partial charge in [0.15, 0.2) is 12.4 Å². The van der Waals surface area contributed by atoms with Crippen LogP contribution in [0.15, 0.2) is 0 Å². The number of aromatic nitrogens is 2. The van der Waals surface area contributed by atoms with E-state index in [0.29, 0.717) is 12.3 Å². The van der Waals surface area contributed by atoms with Crippen molar-refractivity contribution in [3.63, 3.8) is 0 Å². The smallest absolute Gasteiger partial charge is 0.257 e. The summed E-state index contributed by atoms with van der Waals surface area (Å²) in [4.78, 5) is 11.8. The largest absolute Gasteiger partial charge is 0.480 e. The van der Waals surface area contributed by atoms with Gasteiger partial charge in [0.25, 0.3) is 5.91 Å². The number of aryl methyl sites for hydroxylation is 2. The van der Waals surface area contributed by atoms with Gasteiger partial charge in [0.05, 0.1) is 11.8 Å². The normalized spacial score (nSPS) is 22.0. The lowest BCUT2D eigenvalue weighted by Crippen LogP contribution is -2.35. The number of nitrogens with zero attached hydrogens (tertiary/aromatic N) is 2. The molecule has 20 heavy (non-hydrogen) atoms. The number of hydrogen-bond donors (Lipinski definition) is 2. The number of ether oxygens (including phenoxy) is 1. The molecule has 2 atom stereocenters. The van der Waals surface area contributed by atoms with Gasteiger partial charge >= 0.3 is 0 Å². The Balaban J connectivity index is 1.77. The first-order valence-electron chi connectivity index (χ1n) is 7.06. The molecule has 2 unspecified atom stereocenters. The molecule has 0 aliphatic heterocycles. The number of aliphatic hydroxyl groups is 1. The Morgan fingerprint density at radius 3 is 2.80 bits per heavy atom. The summed E-state index contributed by atoms with van der Waals surface area (Å²) in [5.74, 6) is 0.691. The van der Waals surface area contributed by atoms with Crippen LogP contribution in [0.5, 0.6) is 5.75 Å². The minimum absolute atomic E-state index is 0.0177. The third-order valence-corrected chi connectivity index (χ3v) is 3.97. The van der Waals surface area contributed by atoms with Crippen LogP contribution < -0.4 is 10.1 Å². The van der Waals surface area contributed by atoms with Gasteiger partial charge in [0.1, 0.15) is 5.69 Å². The molecule has 1 aromatic rings. The molecule has 1 heterocycles. The highest BCUT2D eigenvalue weighted by atomic mass is 16.5. The van der Waals surface area contributed by atoms with Crippen LogP contribution in [0.1, 0.15) is 30.7 Å². The van der Waals surface area contributed by atoms with Crippen molar-refractivity contribution in [3.8, 4) is 5.75 Å². The van der Waals surface area contributed by atoms with E-state index >= 15 is 0 Å². The third kappa shape index (κ3) is 3.30. The van der Waals surface area contributed by atoms with Crippen LogP contribution in [-0.4, -0.2) is 40.0 Å². The fourth-order valence-electron chi connectivity index (χ4n) is 2.65. The van der Waals surface area contributed by atoms with Crippen molar-refractivity contribution in [1.82, 2.24) is 15.1 Å². The molecule has 0 spiro atoms. The summed E-state index contributed by atoms with van der Waals surface area (Å²) in [7, 11) is 1.84. The molecule has 1 amide bonds. The molecule has 0 radical (unpaired) electrons. The van der Waals surface area contributed by atoms with E-state index in [0.717, 1.165) is 30.7 Å². The molecule has 6 nitrogen and oxygen atoms in total. The zero-order valence-corrected chi connectivity index (χ0v) is 12.3. The summed E-state index contributed by atoms with van der Waals surface area (Å²) < 4.78 is 7.27. The predicted molar refractivity (Wildman–Crippen MR) is 74.5 cm³/mol. The summed E-state index contributed by atoms with van der Waals surface area (Å²) in [5, 5.41) is 16.7. The molecule has 112 valence electrons. The number of aliphatic hydroxyl groups excluding tert-OH is 1. The molecular formula is C14H23N3O3. The van der Waals surface area contributed by atoms with Gasteiger partial charge in [-0.3, -0.25) is 9.48 Å². The number of carbonyl (C=O) groups excluding carboxylic acids is 1. The van der Waals surface area contributed by atoms with Crippen LogP contribution in [0.4, 0.5) is 0 Å². The highest BCUT2D eigenvalue weighted by Crippen LogP contribution is 2.24. The summed E-state index contributed by atoms with van der Waals surface area (Å²) >= 11 is 0. The Bertz CT molecular complexity index is 484. The minimum Gasteiger partial charge on any atom is -0.480 e. The summed E-state index contributed by atoms with van der Waals surface area (Å²) in [6.07, 6.45) is 2.57. The van der Waals surface area contributed by atoms with Gasteiger partial charge in [-0.2, -0.15) is 5.10 Å². The fourth-order valence-corrected chi connectivity index (χ4v) is 2.65. The van der Waals surface area contributed by atoms with Gasteiger partial charge < -0.3 is 15.2 Å². The van der Waals surface area contributed by atoms with Crippen LogP contribution in [0, 0.1) is 19.8 Å². The van der Waals surface area contributed by atoms with Gasteiger partial charge in [0.2, 0.25) is 0 Å². The lowest BCUT2D eigenvalue weighted by Gasteiger charge is -2.15. The van der Waals surface area contributed by atoms with Crippen LogP contribution in [-0.2, 0) is 11.8 Å². The second-order valence-electron chi connectivity index (χ2n) is 5.47. The number of hydrogen-bond acceptors (Lipinski definition) is 4. The van der Waals surface area contributed by atoms with Crippen molar-refractivity contribution >= 4 is 5.91 Å². The van der Waals surface area contributed by atoms with Crippen molar-refractivity contribution in [2.24, 2.45) is 13.0 Å². The summed E-state index contributed by atoms with van der Waals surface area (Å²) in [6.45, 7) is 4.27. The zero-order valence-electron chi connectivity index (χ0n) is 12.3. The molecule has 2 rings (SSSR count). The molecule has 1 aliphatic carbocycles. The van der Waals surface area contributed by atoms with Crippen molar-refractivity contribution in [2.75, 3.05) is 13.2 Å². The molecule has 1 fully saturated rings. The van der Waals surface area contributed by atoms with E-state index in [4.69, 9.17) is 4.74 Å². The van der Waals surface area contributed by atoms with Crippen molar-refractivity contribution in [1.29, 1.82) is 0 Å². The maximum atomic E-state index is 11.8. The SMILES string of the molecule is Cc1nn(C)c(C)c1OCC(=O)NCC1CCCC1O. The number of amides is 1. The maximum Gasteiger partial charge on any atom is 0.257 e. The van der Waals surface area contributed by atoms with Crippen LogP contribution in [0.2, 0.25) is 0 Å². The molecule has 0 bridgehead atoms. The molecule has 1 saturated carbocycles. The molecule has 1 aliphatic rings. The van der Waals surface area contributed by atoms with E-state index in [1.165, 1.54) is 0 Å². The van der Waals surface area contributed by atoms with E-state index < -0.39 is 0 Å². The van der Waals surface area contributed by atoms with Crippen LogP contribution >= 0.6 is 0 Å². The maximum absolute atomic E-state index is 11.8. The highest BCUT2D eigenvalue weighted by Gasteiger charge is 2.25. The van der Waals surface area contributed by atoms with E-state index in [9.17, 15) is 9.90 Å².